The first-order chi connectivity index (χ1) is 11.4. The predicted octanol–water partition coefficient (Wildman–Crippen LogP) is 4.78. The minimum Gasteiger partial charge on any atom is -0.247 e. The van der Waals surface area contributed by atoms with Gasteiger partial charge in [0.2, 0.25) is 0 Å². The van der Waals surface area contributed by atoms with Gasteiger partial charge in [0.25, 0.3) is 0 Å². The van der Waals surface area contributed by atoms with Crippen LogP contribution in [-0.4, -0.2) is 20.2 Å². The molecule has 2 aromatic carbocycles. The molecule has 0 aliphatic heterocycles. The zero-order valence-corrected chi connectivity index (χ0v) is 14.9. The third-order valence-corrected chi connectivity index (χ3v) is 4.96. The largest absolute Gasteiger partial charge is 0.247 e. The van der Waals surface area contributed by atoms with E-state index in [4.69, 9.17) is 4.98 Å². The number of fused-ring (bicyclic) bond motifs is 1. The summed E-state index contributed by atoms with van der Waals surface area (Å²) in [4.78, 5) is 4.80. The van der Waals surface area contributed by atoms with Gasteiger partial charge in [-0.3, -0.25) is 0 Å². The average molecular weight is 336 g/mol. The van der Waals surface area contributed by atoms with Crippen LogP contribution in [0.15, 0.2) is 65.1 Å². The summed E-state index contributed by atoms with van der Waals surface area (Å²) in [5.74, 6) is 0. The number of nitrogens with zero attached hydrogens (tertiary/aromatic N) is 2. The number of rotatable bonds is 3. The Morgan fingerprint density at radius 3 is 2.38 bits per heavy atom. The van der Waals surface area contributed by atoms with Crippen molar-refractivity contribution in [3.63, 3.8) is 0 Å². The van der Waals surface area contributed by atoms with Crippen LogP contribution in [0, 0.1) is 0 Å². The lowest BCUT2D eigenvalue weighted by Crippen LogP contribution is -2.19. The smallest absolute Gasteiger partial charge is 0.144 e. The van der Waals surface area contributed by atoms with Crippen molar-refractivity contribution in [2.75, 3.05) is 0 Å². The van der Waals surface area contributed by atoms with Crippen LogP contribution in [0.4, 0.5) is 0 Å². The highest BCUT2D eigenvalue weighted by Gasteiger charge is 2.18. The molecule has 0 fully saturated rings. The summed E-state index contributed by atoms with van der Waals surface area (Å²) >= 11 is 0. The zero-order valence-electron chi connectivity index (χ0n) is 14.1. The second-order valence-electron chi connectivity index (χ2n) is 6.58. The standard InChI is InChI=1S/C20H20N2OS/c1-20(2,3)24(23)21-14-17-13-16-11-7-8-12-18(16)22-19(17)15-9-5-4-6-10-15/h4-14H,1-3H3/t24-/m0/s1. The fraction of sp³-hybridized carbons (Fsp3) is 0.200. The van der Waals surface area contributed by atoms with E-state index in [2.05, 4.69) is 4.40 Å². The monoisotopic (exact) mass is 336 g/mol. The topological polar surface area (TPSA) is 42.3 Å². The van der Waals surface area contributed by atoms with Gasteiger partial charge in [-0.2, -0.15) is 4.40 Å². The van der Waals surface area contributed by atoms with Gasteiger partial charge >= 0.3 is 0 Å². The maximum Gasteiger partial charge on any atom is 0.144 e. The Bertz CT molecular complexity index is 912. The Balaban J connectivity index is 2.14. The first kappa shape index (κ1) is 16.5. The van der Waals surface area contributed by atoms with Crippen molar-refractivity contribution in [2.45, 2.75) is 25.5 Å². The van der Waals surface area contributed by atoms with Crippen molar-refractivity contribution in [3.8, 4) is 11.3 Å². The minimum absolute atomic E-state index is 0.381. The fourth-order valence-electron chi connectivity index (χ4n) is 2.32. The van der Waals surface area contributed by atoms with Gasteiger partial charge < -0.3 is 0 Å². The molecule has 0 bridgehead atoms. The second-order valence-corrected chi connectivity index (χ2v) is 8.51. The molecule has 0 aliphatic rings. The highest BCUT2D eigenvalue weighted by atomic mass is 32.2. The van der Waals surface area contributed by atoms with E-state index >= 15 is 0 Å². The predicted molar refractivity (Wildman–Crippen MR) is 103 cm³/mol. The Labute approximate surface area is 145 Å². The zero-order chi connectivity index (χ0) is 17.2. The average Bonchev–Trinajstić information content (AvgIpc) is 2.58. The van der Waals surface area contributed by atoms with E-state index in [-0.39, 0.29) is 4.75 Å². The van der Waals surface area contributed by atoms with E-state index in [0.29, 0.717) is 0 Å². The highest BCUT2D eigenvalue weighted by molar-refractivity contribution is 7.85. The molecule has 0 spiro atoms. The summed E-state index contributed by atoms with van der Waals surface area (Å²) in [5.41, 5.74) is 3.68. The number of benzene rings is 2. The molecule has 4 heteroatoms. The molecule has 1 aromatic heterocycles. The molecule has 0 unspecified atom stereocenters. The van der Waals surface area contributed by atoms with E-state index in [1.165, 1.54) is 0 Å². The molecule has 24 heavy (non-hydrogen) atoms. The van der Waals surface area contributed by atoms with Gasteiger partial charge in [-0.1, -0.05) is 48.5 Å². The van der Waals surface area contributed by atoms with Gasteiger partial charge in [-0.05, 0) is 32.9 Å². The third-order valence-electron chi connectivity index (χ3n) is 3.61. The van der Waals surface area contributed by atoms with E-state index < -0.39 is 11.0 Å². The molecule has 122 valence electrons. The lowest BCUT2D eigenvalue weighted by Gasteiger charge is -2.13. The maximum atomic E-state index is 12.2. The minimum atomic E-state index is -1.29. The van der Waals surface area contributed by atoms with Crippen molar-refractivity contribution in [3.05, 3.63) is 66.2 Å². The number of hydrogen-bond acceptors (Lipinski definition) is 2. The molecule has 0 radical (unpaired) electrons. The van der Waals surface area contributed by atoms with Crippen LogP contribution >= 0.6 is 0 Å². The van der Waals surface area contributed by atoms with Crippen molar-refractivity contribution in [1.82, 2.24) is 4.98 Å². The molecule has 0 saturated carbocycles. The third kappa shape index (κ3) is 3.60. The van der Waals surface area contributed by atoms with Crippen LogP contribution in [0.1, 0.15) is 26.3 Å². The molecule has 0 aliphatic carbocycles. The number of hydrogen-bond donors (Lipinski definition) is 0. The highest BCUT2D eigenvalue weighted by Crippen LogP contribution is 2.25. The summed E-state index contributed by atoms with van der Waals surface area (Å²) in [6.45, 7) is 5.74. The lowest BCUT2D eigenvalue weighted by atomic mass is 10.0. The SMILES string of the molecule is CC(C)(C)[S@](=O)N=Cc1cc2ccccc2nc1-c1ccccc1. The van der Waals surface area contributed by atoms with Gasteiger partial charge in [-0.25, -0.2) is 9.19 Å². The van der Waals surface area contributed by atoms with Crippen LogP contribution in [0.5, 0.6) is 0 Å². The van der Waals surface area contributed by atoms with Crippen LogP contribution in [-0.2, 0) is 11.0 Å². The van der Waals surface area contributed by atoms with E-state index in [1.807, 2.05) is 81.4 Å². The molecule has 3 nitrogen and oxygen atoms in total. The van der Waals surface area contributed by atoms with Crippen LogP contribution < -0.4 is 0 Å². The Kier molecular flexibility index (Phi) is 4.58. The number of para-hydroxylation sites is 1. The van der Waals surface area contributed by atoms with E-state index in [9.17, 15) is 4.21 Å². The molecule has 1 atom stereocenters. The quantitative estimate of drug-likeness (QED) is 0.646. The molecule has 1 heterocycles. The van der Waals surface area contributed by atoms with Crippen LogP contribution in [0.25, 0.3) is 22.2 Å². The molecule has 3 rings (SSSR count). The first-order valence-corrected chi connectivity index (χ1v) is 8.97. The van der Waals surface area contributed by atoms with Crippen molar-refractivity contribution in [1.29, 1.82) is 0 Å². The summed E-state index contributed by atoms with van der Waals surface area (Å²) in [6, 6.07) is 20.0. The molecule has 0 saturated heterocycles. The van der Waals surface area contributed by atoms with Gasteiger partial charge in [-0.15, -0.1) is 0 Å². The van der Waals surface area contributed by atoms with Crippen molar-refractivity contribution >= 4 is 28.1 Å². The number of aromatic nitrogens is 1. The van der Waals surface area contributed by atoms with Gasteiger partial charge in [0.15, 0.2) is 0 Å². The molecule has 0 amide bonds. The summed E-state index contributed by atoms with van der Waals surface area (Å²) in [7, 11) is -1.29. The fourth-order valence-corrected chi connectivity index (χ4v) is 2.85. The van der Waals surface area contributed by atoms with E-state index in [0.717, 1.165) is 27.7 Å². The van der Waals surface area contributed by atoms with Crippen molar-refractivity contribution < 1.29 is 4.21 Å². The summed E-state index contributed by atoms with van der Waals surface area (Å²) < 4.78 is 16.1. The first-order valence-electron chi connectivity index (χ1n) is 7.86. The Morgan fingerprint density at radius 1 is 1.00 bits per heavy atom. The second kappa shape index (κ2) is 6.65. The normalized spacial score (nSPS) is 13.5. The number of pyridine rings is 1. The maximum absolute atomic E-state index is 12.2. The summed E-state index contributed by atoms with van der Waals surface area (Å²) in [6.07, 6.45) is 1.68. The lowest BCUT2D eigenvalue weighted by molar-refractivity contribution is 0.651. The van der Waals surface area contributed by atoms with Gasteiger partial charge in [0, 0.05) is 22.7 Å². The molecule has 3 aromatic rings. The van der Waals surface area contributed by atoms with Crippen LogP contribution in [0.2, 0.25) is 0 Å². The van der Waals surface area contributed by atoms with E-state index in [1.54, 1.807) is 6.21 Å². The molecular weight excluding hydrogens is 316 g/mol. The van der Waals surface area contributed by atoms with Crippen molar-refractivity contribution in [2.24, 2.45) is 4.40 Å². The Hall–Kier alpha value is -2.33. The van der Waals surface area contributed by atoms with Crippen LogP contribution in [0.3, 0.4) is 0 Å². The van der Waals surface area contributed by atoms with Gasteiger partial charge in [0.1, 0.15) is 11.0 Å². The summed E-state index contributed by atoms with van der Waals surface area (Å²) in [5, 5.41) is 1.04. The molecule has 0 N–H and O–H groups in total. The van der Waals surface area contributed by atoms with Gasteiger partial charge in [0.05, 0.1) is 16.0 Å². The Morgan fingerprint density at radius 2 is 1.67 bits per heavy atom. The molecular formula is C20H20N2OS.